The third-order valence-electron chi connectivity index (χ3n) is 6.04. The van der Waals surface area contributed by atoms with Crippen LogP contribution in [0.4, 0.5) is 0 Å². The van der Waals surface area contributed by atoms with Gasteiger partial charge in [0.25, 0.3) is 0 Å². The van der Waals surface area contributed by atoms with Crippen LogP contribution in [0.1, 0.15) is 102 Å². The number of esters is 1. The van der Waals surface area contributed by atoms with E-state index in [4.69, 9.17) is 9.47 Å². The van der Waals surface area contributed by atoms with Gasteiger partial charge in [-0.1, -0.05) is 78.6 Å². The van der Waals surface area contributed by atoms with Crippen LogP contribution in [0.2, 0.25) is 0 Å². The lowest BCUT2D eigenvalue weighted by Gasteiger charge is -2.09. The van der Waals surface area contributed by atoms with Crippen LogP contribution in [0.25, 0.3) is 11.4 Å². The first-order valence-corrected chi connectivity index (χ1v) is 12.9. The quantitative estimate of drug-likeness (QED) is 0.181. The zero-order chi connectivity index (χ0) is 23.7. The highest BCUT2D eigenvalue weighted by atomic mass is 16.5. The number of rotatable bonds is 17. The van der Waals surface area contributed by atoms with Crippen molar-refractivity contribution in [1.82, 2.24) is 9.97 Å². The summed E-state index contributed by atoms with van der Waals surface area (Å²) in [5.41, 5.74) is 1.28. The van der Waals surface area contributed by atoms with Crippen molar-refractivity contribution >= 4 is 5.97 Å². The van der Waals surface area contributed by atoms with Gasteiger partial charge in [-0.15, -0.1) is 0 Å². The summed E-state index contributed by atoms with van der Waals surface area (Å²) in [5.74, 6) is 1.91. The highest BCUT2D eigenvalue weighted by molar-refractivity contribution is 5.88. The van der Waals surface area contributed by atoms with Crippen molar-refractivity contribution in [2.45, 2.75) is 91.4 Å². The first kappa shape index (κ1) is 26.8. The van der Waals surface area contributed by atoms with Gasteiger partial charge < -0.3 is 9.47 Å². The van der Waals surface area contributed by atoms with Crippen molar-refractivity contribution in [1.29, 1.82) is 0 Å². The Balaban J connectivity index is 1.69. The average molecular weight is 455 g/mol. The number of benzene rings is 1. The van der Waals surface area contributed by atoms with Gasteiger partial charge in [-0.3, -0.25) is 0 Å². The zero-order valence-corrected chi connectivity index (χ0v) is 20.9. The Morgan fingerprint density at radius 3 is 2.18 bits per heavy atom. The fourth-order valence-electron chi connectivity index (χ4n) is 3.58. The van der Waals surface area contributed by atoms with Crippen LogP contribution in [-0.4, -0.2) is 29.2 Å². The molecule has 0 saturated carbocycles. The molecule has 1 heterocycles. The number of unbranched alkanes of at least 4 members (excludes halogenated alkanes) is 7. The van der Waals surface area contributed by atoms with E-state index in [0.29, 0.717) is 18.0 Å². The maximum atomic E-state index is 12.2. The number of carbonyl (C=O) groups excluding carboxylic acids is 1. The summed E-state index contributed by atoms with van der Waals surface area (Å²) in [6.45, 7) is 7.97. The number of carbonyl (C=O) groups is 1. The van der Waals surface area contributed by atoms with E-state index in [0.717, 1.165) is 43.1 Å². The van der Waals surface area contributed by atoms with Crippen LogP contribution >= 0.6 is 0 Å². The third kappa shape index (κ3) is 10.8. The topological polar surface area (TPSA) is 61.3 Å². The van der Waals surface area contributed by atoms with Crippen molar-refractivity contribution in [3.05, 3.63) is 42.2 Å². The van der Waals surface area contributed by atoms with Crippen molar-refractivity contribution in [3.8, 4) is 17.1 Å². The molecule has 2 rings (SSSR count). The van der Waals surface area contributed by atoms with Gasteiger partial charge in [-0.2, -0.15) is 0 Å². The molecule has 1 aromatic heterocycles. The Hall–Kier alpha value is -2.43. The van der Waals surface area contributed by atoms with Gasteiger partial charge in [0, 0.05) is 18.0 Å². The summed E-state index contributed by atoms with van der Waals surface area (Å²) in [4.78, 5) is 20.9. The minimum absolute atomic E-state index is 0.358. The smallest absolute Gasteiger partial charge is 0.341 e. The Morgan fingerprint density at radius 2 is 1.48 bits per heavy atom. The molecule has 0 aliphatic carbocycles. The van der Waals surface area contributed by atoms with Gasteiger partial charge in [0.05, 0.1) is 18.8 Å². The van der Waals surface area contributed by atoms with Crippen LogP contribution in [0, 0.1) is 5.92 Å². The van der Waals surface area contributed by atoms with E-state index in [1.165, 1.54) is 63.8 Å². The molecule has 0 aliphatic rings. The lowest BCUT2D eigenvalue weighted by molar-refractivity contribution is 0.0496. The molecule has 0 unspecified atom stereocenters. The predicted octanol–water partition coefficient (Wildman–Crippen LogP) is 7.65. The minimum Gasteiger partial charge on any atom is -0.494 e. The fourth-order valence-corrected chi connectivity index (χ4v) is 3.58. The van der Waals surface area contributed by atoms with Gasteiger partial charge in [0.15, 0.2) is 5.82 Å². The number of hydrogen-bond donors (Lipinski definition) is 0. The molecule has 0 saturated heterocycles. The monoisotopic (exact) mass is 454 g/mol. The fraction of sp³-hybridized carbons (Fsp3) is 0.607. The maximum Gasteiger partial charge on any atom is 0.341 e. The zero-order valence-electron chi connectivity index (χ0n) is 20.9. The van der Waals surface area contributed by atoms with E-state index in [1.807, 2.05) is 24.3 Å². The number of aromatic nitrogens is 2. The van der Waals surface area contributed by atoms with Crippen LogP contribution < -0.4 is 4.74 Å². The minimum atomic E-state index is -0.358. The highest BCUT2D eigenvalue weighted by Crippen LogP contribution is 2.20. The molecule has 0 aliphatic heterocycles. The van der Waals surface area contributed by atoms with E-state index in [9.17, 15) is 4.79 Å². The second kappa shape index (κ2) is 16.2. The molecule has 33 heavy (non-hydrogen) atoms. The molecule has 5 nitrogen and oxygen atoms in total. The molecule has 0 amide bonds. The lowest BCUT2D eigenvalue weighted by atomic mass is 10.0. The summed E-state index contributed by atoms with van der Waals surface area (Å²) in [7, 11) is 0. The Bertz CT molecular complexity index is 775. The first-order chi connectivity index (χ1) is 16.1. The summed E-state index contributed by atoms with van der Waals surface area (Å²) in [5, 5.41) is 0. The summed E-state index contributed by atoms with van der Waals surface area (Å²) >= 11 is 0. The standard InChI is InChI=1S/C28H42N2O3/c1-4-6-7-8-9-12-20-33-28(31)25-21-29-27(30-22-25)24-15-17-26(18-16-24)32-19-13-10-11-14-23(3)5-2/h15-18,21-23H,4-14,19-20H2,1-3H3/t23-/m0/s1. The SMILES string of the molecule is CCCCCCCCOC(=O)c1cnc(-c2ccc(OCCCCC[C@@H](C)CC)cc2)nc1. The Kier molecular flexibility index (Phi) is 13.2. The van der Waals surface area contributed by atoms with Crippen molar-refractivity contribution < 1.29 is 14.3 Å². The lowest BCUT2D eigenvalue weighted by Crippen LogP contribution is -2.08. The average Bonchev–Trinajstić information content (AvgIpc) is 2.85. The Morgan fingerprint density at radius 1 is 0.848 bits per heavy atom. The van der Waals surface area contributed by atoms with Crippen LogP contribution in [-0.2, 0) is 4.74 Å². The molecule has 182 valence electrons. The summed E-state index contributed by atoms with van der Waals surface area (Å²) in [6, 6.07) is 7.79. The summed E-state index contributed by atoms with van der Waals surface area (Å²) < 4.78 is 11.2. The molecular weight excluding hydrogens is 412 g/mol. The third-order valence-corrected chi connectivity index (χ3v) is 6.04. The van der Waals surface area contributed by atoms with Gasteiger partial charge in [-0.25, -0.2) is 14.8 Å². The second-order valence-electron chi connectivity index (χ2n) is 8.93. The molecule has 2 aromatic rings. The normalized spacial score (nSPS) is 11.8. The molecule has 5 heteroatoms. The van der Waals surface area contributed by atoms with Crippen LogP contribution in [0.3, 0.4) is 0 Å². The van der Waals surface area contributed by atoms with Gasteiger partial charge in [0.1, 0.15) is 5.75 Å². The van der Waals surface area contributed by atoms with Gasteiger partial charge in [0.2, 0.25) is 0 Å². The second-order valence-corrected chi connectivity index (χ2v) is 8.93. The van der Waals surface area contributed by atoms with E-state index >= 15 is 0 Å². The molecule has 1 atom stereocenters. The molecule has 0 spiro atoms. The van der Waals surface area contributed by atoms with Crippen molar-refractivity contribution in [2.24, 2.45) is 5.92 Å². The molecule has 0 radical (unpaired) electrons. The molecule has 0 bridgehead atoms. The number of nitrogens with zero attached hydrogens (tertiary/aromatic N) is 2. The van der Waals surface area contributed by atoms with Crippen molar-refractivity contribution in [2.75, 3.05) is 13.2 Å². The Labute approximate surface area is 200 Å². The number of ether oxygens (including phenoxy) is 2. The summed E-state index contributed by atoms with van der Waals surface area (Å²) in [6.07, 6.45) is 16.2. The molecule has 0 fully saturated rings. The van der Waals surface area contributed by atoms with E-state index in [1.54, 1.807) is 0 Å². The number of hydrogen-bond acceptors (Lipinski definition) is 5. The van der Waals surface area contributed by atoms with Gasteiger partial charge in [-0.05, 0) is 43.0 Å². The van der Waals surface area contributed by atoms with E-state index in [-0.39, 0.29) is 5.97 Å². The molecular formula is C28H42N2O3. The van der Waals surface area contributed by atoms with Crippen LogP contribution in [0.15, 0.2) is 36.7 Å². The first-order valence-electron chi connectivity index (χ1n) is 12.9. The van der Waals surface area contributed by atoms with E-state index < -0.39 is 0 Å². The van der Waals surface area contributed by atoms with Crippen LogP contribution in [0.5, 0.6) is 5.75 Å². The molecule has 1 aromatic carbocycles. The van der Waals surface area contributed by atoms with Gasteiger partial charge >= 0.3 is 5.97 Å². The molecule has 0 N–H and O–H groups in total. The van der Waals surface area contributed by atoms with Crippen molar-refractivity contribution in [3.63, 3.8) is 0 Å². The predicted molar refractivity (Wildman–Crippen MR) is 135 cm³/mol. The maximum absolute atomic E-state index is 12.2. The van der Waals surface area contributed by atoms with E-state index in [2.05, 4.69) is 30.7 Å². The highest BCUT2D eigenvalue weighted by Gasteiger charge is 2.10. The largest absolute Gasteiger partial charge is 0.494 e.